The van der Waals surface area contributed by atoms with Crippen LogP contribution in [0.5, 0.6) is 5.75 Å². The van der Waals surface area contributed by atoms with Crippen molar-refractivity contribution in [2.45, 2.75) is 24.8 Å². The van der Waals surface area contributed by atoms with Crippen molar-refractivity contribution in [3.63, 3.8) is 0 Å². The van der Waals surface area contributed by atoms with Gasteiger partial charge < -0.3 is 19.9 Å². The third-order valence-electron chi connectivity index (χ3n) is 6.10. The Morgan fingerprint density at radius 3 is 2.89 bits per heavy atom. The predicted octanol–water partition coefficient (Wildman–Crippen LogP) is 3.22. The van der Waals surface area contributed by atoms with Crippen LogP contribution in [0.2, 0.25) is 0 Å². The average molecular weight is 381 g/mol. The minimum absolute atomic E-state index is 0.0886. The molecule has 0 spiro atoms. The highest BCUT2D eigenvalue weighted by molar-refractivity contribution is 6.03. The van der Waals surface area contributed by atoms with Crippen LogP contribution in [-0.4, -0.2) is 49.6 Å². The summed E-state index contributed by atoms with van der Waals surface area (Å²) >= 11 is 0. The Hall–Kier alpha value is -2.60. The van der Waals surface area contributed by atoms with Crippen LogP contribution in [0.1, 0.15) is 24.3 Å². The number of carbonyl (C=O) groups excluding carboxylic acids is 1. The normalized spacial score (nSPS) is 23.2. The monoisotopic (exact) mass is 381 g/mol. The fraction of sp³-hybridized carbons (Fsp3) is 0.409. The quantitative estimate of drug-likeness (QED) is 0.808. The van der Waals surface area contributed by atoms with E-state index in [4.69, 9.17) is 4.74 Å². The first-order chi connectivity index (χ1) is 13.7. The third-order valence-corrected chi connectivity index (χ3v) is 6.10. The van der Waals surface area contributed by atoms with Crippen molar-refractivity contribution in [2.75, 3.05) is 43.0 Å². The van der Waals surface area contributed by atoms with Crippen molar-refractivity contribution in [3.05, 3.63) is 53.8 Å². The molecular formula is C22H24FN3O2. The summed E-state index contributed by atoms with van der Waals surface area (Å²) in [4.78, 5) is 16.9. The number of ether oxygens (including phenoxy) is 1. The Bertz CT molecular complexity index is 886. The minimum Gasteiger partial charge on any atom is -0.494 e. The average Bonchev–Trinajstić information content (AvgIpc) is 3.01. The lowest BCUT2D eigenvalue weighted by Crippen LogP contribution is -2.49. The number of para-hydroxylation sites is 1. The number of nitrogens with zero attached hydrogens (tertiary/aromatic N) is 2. The number of amides is 1. The summed E-state index contributed by atoms with van der Waals surface area (Å²) in [7, 11) is 0. The molecule has 0 bridgehead atoms. The number of likely N-dealkylation sites (tertiary alicyclic amines) is 1. The van der Waals surface area contributed by atoms with Gasteiger partial charge in [-0.3, -0.25) is 4.79 Å². The molecule has 146 valence electrons. The van der Waals surface area contributed by atoms with Crippen molar-refractivity contribution < 1.29 is 13.9 Å². The number of anilines is 2. The van der Waals surface area contributed by atoms with Crippen LogP contribution < -0.4 is 15.0 Å². The van der Waals surface area contributed by atoms with Crippen LogP contribution >= 0.6 is 0 Å². The van der Waals surface area contributed by atoms with Gasteiger partial charge in [-0.15, -0.1) is 0 Å². The zero-order valence-electron chi connectivity index (χ0n) is 15.7. The maximum absolute atomic E-state index is 12.9. The fourth-order valence-corrected chi connectivity index (χ4v) is 4.89. The van der Waals surface area contributed by atoms with Gasteiger partial charge in [0.25, 0.3) is 0 Å². The molecule has 1 N–H and O–H groups in total. The molecule has 0 radical (unpaired) electrons. The summed E-state index contributed by atoms with van der Waals surface area (Å²) in [5.74, 6) is 1.01. The Balaban J connectivity index is 1.20. The van der Waals surface area contributed by atoms with E-state index in [9.17, 15) is 9.18 Å². The van der Waals surface area contributed by atoms with Crippen molar-refractivity contribution >= 4 is 17.3 Å². The minimum atomic E-state index is -0.245. The zero-order chi connectivity index (χ0) is 19.1. The molecule has 0 aliphatic carbocycles. The van der Waals surface area contributed by atoms with Crippen LogP contribution in [0, 0.1) is 5.82 Å². The molecular weight excluding hydrogens is 357 g/mol. The lowest BCUT2D eigenvalue weighted by molar-refractivity contribution is -0.115. The van der Waals surface area contributed by atoms with Crippen LogP contribution in [0.25, 0.3) is 0 Å². The van der Waals surface area contributed by atoms with Gasteiger partial charge in [0, 0.05) is 31.6 Å². The predicted molar refractivity (Wildman–Crippen MR) is 107 cm³/mol. The van der Waals surface area contributed by atoms with Gasteiger partial charge >= 0.3 is 0 Å². The molecule has 6 heteroatoms. The Morgan fingerprint density at radius 1 is 1.18 bits per heavy atom. The molecule has 1 saturated heterocycles. The molecule has 3 heterocycles. The molecule has 3 aliphatic heterocycles. The molecule has 2 aromatic rings. The van der Waals surface area contributed by atoms with Gasteiger partial charge in [-0.25, -0.2) is 4.39 Å². The second kappa shape index (κ2) is 7.09. The Kier molecular flexibility index (Phi) is 4.43. The summed E-state index contributed by atoms with van der Waals surface area (Å²) in [6.07, 6.45) is 2.01. The number of halogens is 1. The molecule has 0 aromatic heterocycles. The van der Waals surface area contributed by atoms with Gasteiger partial charge in [0.1, 0.15) is 11.6 Å². The van der Waals surface area contributed by atoms with Crippen LogP contribution in [0.3, 0.4) is 0 Å². The molecule has 3 aliphatic rings. The van der Waals surface area contributed by atoms with Crippen LogP contribution in [-0.2, 0) is 4.79 Å². The highest BCUT2D eigenvalue weighted by Gasteiger charge is 2.44. The summed E-state index contributed by atoms with van der Waals surface area (Å²) in [6, 6.07) is 12.9. The summed E-state index contributed by atoms with van der Waals surface area (Å²) in [5, 5.41) is 3.02. The van der Waals surface area contributed by atoms with Crippen LogP contribution in [0.15, 0.2) is 42.5 Å². The van der Waals surface area contributed by atoms with Gasteiger partial charge in [-0.2, -0.15) is 0 Å². The van der Waals surface area contributed by atoms with E-state index in [2.05, 4.69) is 27.2 Å². The maximum atomic E-state index is 12.9. The SMILES string of the molecule is O=C1CN2c3c(cccc3[C@@H]3CN(CCCOc4ccc(F)cc4)CC[C@@H]32)N1. The molecule has 1 fully saturated rings. The smallest absolute Gasteiger partial charge is 0.243 e. The van der Waals surface area contributed by atoms with Gasteiger partial charge in [-0.05, 0) is 48.7 Å². The number of benzene rings is 2. The summed E-state index contributed by atoms with van der Waals surface area (Å²) in [6.45, 7) is 4.14. The molecule has 0 saturated carbocycles. The molecule has 2 atom stereocenters. The highest BCUT2D eigenvalue weighted by Crippen LogP contribution is 2.49. The Morgan fingerprint density at radius 2 is 2.04 bits per heavy atom. The fourth-order valence-electron chi connectivity index (χ4n) is 4.89. The van der Waals surface area contributed by atoms with Crippen molar-refractivity contribution in [2.24, 2.45) is 0 Å². The number of piperidine rings is 1. The topological polar surface area (TPSA) is 44.8 Å². The number of hydrogen-bond acceptors (Lipinski definition) is 4. The Labute approximate surface area is 164 Å². The van der Waals surface area contributed by atoms with E-state index in [1.165, 1.54) is 23.4 Å². The van der Waals surface area contributed by atoms with Gasteiger partial charge in [0.2, 0.25) is 5.91 Å². The second-order valence-electron chi connectivity index (χ2n) is 7.84. The van der Waals surface area contributed by atoms with Crippen molar-refractivity contribution in [3.8, 4) is 5.75 Å². The first-order valence-corrected chi connectivity index (χ1v) is 9.99. The lowest BCUT2D eigenvalue weighted by Gasteiger charge is -2.39. The summed E-state index contributed by atoms with van der Waals surface area (Å²) < 4.78 is 18.7. The molecule has 2 aromatic carbocycles. The van der Waals surface area contributed by atoms with Gasteiger partial charge in [0.15, 0.2) is 0 Å². The van der Waals surface area contributed by atoms with Crippen molar-refractivity contribution in [1.82, 2.24) is 4.90 Å². The molecule has 28 heavy (non-hydrogen) atoms. The number of rotatable bonds is 5. The van der Waals surface area contributed by atoms with E-state index >= 15 is 0 Å². The van der Waals surface area contributed by atoms with Crippen molar-refractivity contribution in [1.29, 1.82) is 0 Å². The standard InChI is InChI=1S/C22H24FN3O2/c23-15-5-7-16(8-6-15)28-12-2-10-25-11-9-20-18(13-25)17-3-1-4-19-22(17)26(20)14-21(27)24-19/h1,3-8,18,20H,2,9-14H2,(H,24,27)/t18-,20-/m0/s1. The number of hydrogen-bond donors (Lipinski definition) is 1. The van der Waals surface area contributed by atoms with E-state index in [1.807, 2.05) is 6.07 Å². The molecule has 1 amide bonds. The third kappa shape index (κ3) is 3.11. The molecule has 5 nitrogen and oxygen atoms in total. The van der Waals surface area contributed by atoms with Crippen LogP contribution in [0.4, 0.5) is 15.8 Å². The van der Waals surface area contributed by atoms with E-state index < -0.39 is 0 Å². The van der Waals surface area contributed by atoms with E-state index in [0.717, 1.165) is 38.2 Å². The second-order valence-corrected chi connectivity index (χ2v) is 7.84. The van der Waals surface area contributed by atoms with Gasteiger partial charge in [0.05, 0.1) is 24.5 Å². The first kappa shape index (κ1) is 17.5. The van der Waals surface area contributed by atoms with E-state index in [-0.39, 0.29) is 11.7 Å². The number of fused-ring (bicyclic) bond motifs is 3. The lowest BCUT2D eigenvalue weighted by atomic mass is 9.89. The first-order valence-electron chi connectivity index (χ1n) is 9.99. The molecule has 5 rings (SSSR count). The van der Waals surface area contributed by atoms with E-state index in [0.29, 0.717) is 30.9 Å². The summed E-state index contributed by atoms with van der Waals surface area (Å²) in [5.41, 5.74) is 3.57. The van der Waals surface area contributed by atoms with Gasteiger partial charge in [-0.1, -0.05) is 12.1 Å². The highest BCUT2D eigenvalue weighted by atomic mass is 19.1. The zero-order valence-corrected chi connectivity index (χ0v) is 15.7. The molecule has 0 unspecified atom stereocenters. The maximum Gasteiger partial charge on any atom is 0.243 e. The van der Waals surface area contributed by atoms with E-state index in [1.54, 1.807) is 12.1 Å². The largest absolute Gasteiger partial charge is 0.494 e. The number of carbonyl (C=O) groups is 1. The number of nitrogens with one attached hydrogen (secondary N) is 1.